The van der Waals surface area contributed by atoms with Gasteiger partial charge in [-0.05, 0) is 16.8 Å². The van der Waals surface area contributed by atoms with Gasteiger partial charge >= 0.3 is 0 Å². The van der Waals surface area contributed by atoms with E-state index in [2.05, 4.69) is 46.0 Å². The van der Waals surface area contributed by atoms with Gasteiger partial charge in [-0.15, -0.1) is 11.3 Å². The molecule has 0 unspecified atom stereocenters. The van der Waals surface area contributed by atoms with Crippen LogP contribution in [0.5, 0.6) is 0 Å². The highest BCUT2D eigenvalue weighted by Gasteiger charge is 2.15. The maximum absolute atomic E-state index is 11.2. The summed E-state index contributed by atoms with van der Waals surface area (Å²) in [6.45, 7) is 0. The molecule has 1 fully saturated rings. The molecule has 2 aromatic carbocycles. The molecule has 3 nitrogen and oxygen atoms in total. The van der Waals surface area contributed by atoms with Crippen LogP contribution in [-0.4, -0.2) is 16.6 Å². The van der Waals surface area contributed by atoms with E-state index in [1.54, 1.807) is 11.3 Å². The molecular formula is C17H12N2OS2. The normalized spacial score (nSPS) is 16.4. The van der Waals surface area contributed by atoms with Gasteiger partial charge in [-0.3, -0.25) is 4.79 Å². The largest absolute Gasteiger partial charge is 0.320 e. The number of fused-ring (bicyclic) bond motifs is 1. The predicted octanol–water partition coefficient (Wildman–Crippen LogP) is 4.12. The summed E-state index contributed by atoms with van der Waals surface area (Å²) < 4.78 is 0. The van der Waals surface area contributed by atoms with Crippen molar-refractivity contribution in [3.8, 4) is 11.3 Å². The van der Waals surface area contributed by atoms with Crippen LogP contribution in [0.3, 0.4) is 0 Å². The van der Waals surface area contributed by atoms with Crippen molar-refractivity contribution in [3.63, 3.8) is 0 Å². The maximum atomic E-state index is 11.2. The summed E-state index contributed by atoms with van der Waals surface area (Å²) in [4.78, 5) is 15.9. The zero-order valence-electron chi connectivity index (χ0n) is 11.6. The summed E-state index contributed by atoms with van der Waals surface area (Å²) in [7, 11) is 0. The van der Waals surface area contributed by atoms with E-state index in [1.807, 2.05) is 18.2 Å². The van der Waals surface area contributed by atoms with Crippen molar-refractivity contribution in [1.82, 2.24) is 10.3 Å². The van der Waals surface area contributed by atoms with E-state index in [0.29, 0.717) is 5.75 Å². The highest BCUT2D eigenvalue weighted by molar-refractivity contribution is 8.04. The van der Waals surface area contributed by atoms with Gasteiger partial charge in [0.2, 0.25) is 5.91 Å². The van der Waals surface area contributed by atoms with Crippen molar-refractivity contribution in [2.24, 2.45) is 0 Å². The Balaban J connectivity index is 1.66. The summed E-state index contributed by atoms with van der Waals surface area (Å²) >= 11 is 3.11. The first-order chi connectivity index (χ1) is 10.8. The molecule has 4 rings (SSSR count). The number of benzene rings is 2. The van der Waals surface area contributed by atoms with E-state index in [4.69, 9.17) is 0 Å². The summed E-state index contributed by atoms with van der Waals surface area (Å²) in [5, 5.41) is 9.11. The number of carbonyl (C=O) groups excluding carboxylic acids is 1. The fourth-order valence-corrected chi connectivity index (χ4v) is 3.95. The lowest BCUT2D eigenvalue weighted by Crippen LogP contribution is -2.13. The number of hydrogen-bond donors (Lipinski definition) is 1. The van der Waals surface area contributed by atoms with Crippen LogP contribution in [0.1, 0.15) is 5.01 Å². The molecule has 22 heavy (non-hydrogen) atoms. The van der Waals surface area contributed by atoms with Crippen molar-refractivity contribution < 1.29 is 4.79 Å². The third kappa shape index (κ3) is 2.65. The number of nitrogens with one attached hydrogen (secondary N) is 1. The van der Waals surface area contributed by atoms with Crippen molar-refractivity contribution >= 4 is 45.9 Å². The molecule has 0 radical (unpaired) electrons. The molecule has 0 bridgehead atoms. The molecule has 2 heterocycles. The predicted molar refractivity (Wildman–Crippen MR) is 93.6 cm³/mol. The second kappa shape index (κ2) is 5.59. The molecule has 3 aromatic rings. The number of amides is 1. The standard InChI is InChI=1S/C17H12N2OS2/c20-15-10-22-17(19-15)8-16-18-14(9-21-16)13-6-5-11-3-1-2-4-12(11)7-13/h1-9H,10H2,(H,19,20). The average molecular weight is 324 g/mol. The number of thiazole rings is 1. The van der Waals surface area contributed by atoms with Crippen LogP contribution in [0.2, 0.25) is 0 Å². The molecule has 1 N–H and O–H groups in total. The SMILES string of the molecule is O=C1CSC(=Cc2nc(-c3ccc4ccccc4c3)cs2)N1. The summed E-state index contributed by atoms with van der Waals surface area (Å²) in [6.07, 6.45) is 1.94. The Morgan fingerprint density at radius 2 is 2.00 bits per heavy atom. The molecule has 0 saturated carbocycles. The molecule has 0 spiro atoms. The lowest BCUT2D eigenvalue weighted by atomic mass is 10.1. The quantitative estimate of drug-likeness (QED) is 0.771. The molecule has 108 valence electrons. The highest BCUT2D eigenvalue weighted by atomic mass is 32.2. The van der Waals surface area contributed by atoms with Crippen molar-refractivity contribution in [2.75, 3.05) is 5.75 Å². The summed E-state index contributed by atoms with van der Waals surface area (Å²) in [5.41, 5.74) is 2.08. The van der Waals surface area contributed by atoms with Crippen LogP contribution in [0, 0.1) is 0 Å². The Labute approximate surface area is 136 Å². The van der Waals surface area contributed by atoms with E-state index in [1.165, 1.54) is 22.5 Å². The number of carbonyl (C=O) groups is 1. The van der Waals surface area contributed by atoms with Crippen molar-refractivity contribution in [1.29, 1.82) is 0 Å². The molecule has 1 aromatic heterocycles. The number of thioether (sulfide) groups is 1. The fraction of sp³-hybridized carbons (Fsp3) is 0.0588. The minimum absolute atomic E-state index is 0.0579. The van der Waals surface area contributed by atoms with E-state index in [-0.39, 0.29) is 5.91 Å². The molecule has 1 saturated heterocycles. The van der Waals surface area contributed by atoms with E-state index >= 15 is 0 Å². The summed E-state index contributed by atoms with van der Waals surface area (Å²) in [5.74, 6) is 0.553. The maximum Gasteiger partial charge on any atom is 0.235 e. The zero-order valence-corrected chi connectivity index (χ0v) is 13.2. The van der Waals surface area contributed by atoms with Gasteiger partial charge in [-0.25, -0.2) is 4.98 Å². The van der Waals surface area contributed by atoms with Gasteiger partial charge in [0.05, 0.1) is 16.5 Å². The first-order valence-corrected chi connectivity index (χ1v) is 8.73. The average Bonchev–Trinajstić information content (AvgIpc) is 3.16. The van der Waals surface area contributed by atoms with Gasteiger partial charge in [0.15, 0.2) is 0 Å². The second-order valence-corrected chi connectivity index (χ2v) is 6.89. The molecule has 1 aliphatic heterocycles. The summed E-state index contributed by atoms with van der Waals surface area (Å²) in [6, 6.07) is 14.7. The Bertz CT molecular complexity index is 898. The van der Waals surface area contributed by atoms with Gasteiger partial charge in [0.1, 0.15) is 5.01 Å². The Hall–Kier alpha value is -2.11. The molecule has 5 heteroatoms. The van der Waals surface area contributed by atoms with Gasteiger partial charge in [0.25, 0.3) is 0 Å². The van der Waals surface area contributed by atoms with Gasteiger partial charge in [0, 0.05) is 17.0 Å². The number of aromatic nitrogens is 1. The van der Waals surface area contributed by atoms with Crippen LogP contribution in [-0.2, 0) is 4.79 Å². The van der Waals surface area contributed by atoms with E-state index in [0.717, 1.165) is 21.3 Å². The fourth-order valence-electron chi connectivity index (χ4n) is 2.38. The van der Waals surface area contributed by atoms with Crippen molar-refractivity contribution in [2.45, 2.75) is 0 Å². The monoisotopic (exact) mass is 324 g/mol. The minimum atomic E-state index is 0.0579. The van der Waals surface area contributed by atoms with E-state index in [9.17, 15) is 4.79 Å². The van der Waals surface area contributed by atoms with Crippen LogP contribution >= 0.6 is 23.1 Å². The number of rotatable bonds is 2. The highest BCUT2D eigenvalue weighted by Crippen LogP contribution is 2.28. The van der Waals surface area contributed by atoms with Crippen LogP contribution < -0.4 is 5.32 Å². The van der Waals surface area contributed by atoms with Crippen LogP contribution in [0.25, 0.3) is 28.1 Å². The Morgan fingerprint density at radius 1 is 1.14 bits per heavy atom. The van der Waals surface area contributed by atoms with Crippen LogP contribution in [0.15, 0.2) is 52.9 Å². The molecule has 0 atom stereocenters. The first kappa shape index (κ1) is 13.5. The molecule has 1 aliphatic rings. The van der Waals surface area contributed by atoms with Crippen molar-refractivity contribution in [3.05, 3.63) is 57.9 Å². The minimum Gasteiger partial charge on any atom is -0.320 e. The second-order valence-electron chi connectivity index (χ2n) is 4.98. The Morgan fingerprint density at radius 3 is 2.82 bits per heavy atom. The molecular weight excluding hydrogens is 312 g/mol. The Kier molecular flexibility index (Phi) is 3.44. The van der Waals surface area contributed by atoms with E-state index < -0.39 is 0 Å². The zero-order chi connectivity index (χ0) is 14.9. The van der Waals surface area contributed by atoms with Gasteiger partial charge in [-0.1, -0.05) is 48.2 Å². The third-order valence-electron chi connectivity index (χ3n) is 3.44. The van der Waals surface area contributed by atoms with Gasteiger partial charge in [-0.2, -0.15) is 0 Å². The van der Waals surface area contributed by atoms with Gasteiger partial charge < -0.3 is 5.32 Å². The molecule has 1 amide bonds. The number of nitrogens with zero attached hydrogens (tertiary/aromatic N) is 1. The topological polar surface area (TPSA) is 42.0 Å². The smallest absolute Gasteiger partial charge is 0.235 e. The molecule has 0 aliphatic carbocycles. The lowest BCUT2D eigenvalue weighted by Gasteiger charge is -2.00. The number of hydrogen-bond acceptors (Lipinski definition) is 4. The lowest BCUT2D eigenvalue weighted by molar-refractivity contribution is -0.117. The first-order valence-electron chi connectivity index (χ1n) is 6.87. The van der Waals surface area contributed by atoms with Crippen LogP contribution in [0.4, 0.5) is 0 Å². The third-order valence-corrected chi connectivity index (χ3v) is 5.17.